The van der Waals surface area contributed by atoms with Crippen LogP contribution in [0.15, 0.2) is 51.8 Å². The fourth-order valence-corrected chi connectivity index (χ4v) is 3.64. The highest BCUT2D eigenvalue weighted by atomic mass is 16.6. The molecule has 0 saturated carbocycles. The van der Waals surface area contributed by atoms with Crippen LogP contribution in [0.4, 0.5) is 17.1 Å². The number of piperazine rings is 1. The third kappa shape index (κ3) is 4.74. The summed E-state index contributed by atoms with van der Waals surface area (Å²) in [5, 5.41) is 18.0. The second-order valence-corrected chi connectivity index (χ2v) is 7.43. The van der Waals surface area contributed by atoms with Gasteiger partial charge in [-0.25, -0.2) is 4.79 Å². The molecule has 1 saturated heterocycles. The van der Waals surface area contributed by atoms with Gasteiger partial charge in [0.1, 0.15) is 5.69 Å². The van der Waals surface area contributed by atoms with Gasteiger partial charge in [0.25, 0.3) is 11.6 Å². The molecule has 3 aromatic rings. The molecule has 0 bridgehead atoms. The minimum atomic E-state index is -0.699. The smallest absolute Gasteiger partial charge is 0.362 e. The second kappa shape index (κ2) is 8.94. The third-order valence-electron chi connectivity index (χ3n) is 5.33. The zero-order valence-corrected chi connectivity index (χ0v) is 17.6. The first-order chi connectivity index (χ1) is 15.8. The Hall–Kier alpha value is -4.48. The molecular formula is C21H20N6O6. The molecule has 2 aromatic carbocycles. The van der Waals surface area contributed by atoms with Gasteiger partial charge in [0.15, 0.2) is 5.82 Å². The number of nitro groups is 1. The molecule has 1 aliphatic rings. The van der Waals surface area contributed by atoms with Gasteiger partial charge in [-0.3, -0.25) is 29.2 Å². The van der Waals surface area contributed by atoms with E-state index in [9.17, 15) is 24.5 Å². The summed E-state index contributed by atoms with van der Waals surface area (Å²) >= 11 is 0. The van der Waals surface area contributed by atoms with Gasteiger partial charge in [0.05, 0.1) is 4.92 Å². The number of aromatic nitrogens is 2. The van der Waals surface area contributed by atoms with Crippen molar-refractivity contribution in [3.05, 3.63) is 68.7 Å². The fraction of sp³-hybridized carbons (Fsp3) is 0.238. The largest absolute Gasteiger partial charge is 0.439 e. The average Bonchev–Trinajstić information content (AvgIpc) is 3.25. The Morgan fingerprint density at radius 1 is 1.15 bits per heavy atom. The predicted molar refractivity (Wildman–Crippen MR) is 118 cm³/mol. The summed E-state index contributed by atoms with van der Waals surface area (Å²) in [4.78, 5) is 52.6. The summed E-state index contributed by atoms with van der Waals surface area (Å²) in [6.45, 7) is 3.36. The Balaban J connectivity index is 1.53. The molecule has 2 N–H and O–H groups in total. The van der Waals surface area contributed by atoms with Gasteiger partial charge in [-0.2, -0.15) is 0 Å². The maximum Gasteiger partial charge on any atom is 0.439 e. The van der Waals surface area contributed by atoms with Crippen molar-refractivity contribution < 1.29 is 19.0 Å². The van der Waals surface area contributed by atoms with E-state index in [1.165, 1.54) is 19.1 Å². The van der Waals surface area contributed by atoms with Gasteiger partial charge in [-0.05, 0) is 24.3 Å². The first-order valence-corrected chi connectivity index (χ1v) is 10.1. The number of H-pyrrole nitrogens is 1. The molecule has 0 unspecified atom stereocenters. The van der Waals surface area contributed by atoms with Crippen LogP contribution in [0.5, 0.6) is 0 Å². The van der Waals surface area contributed by atoms with Crippen LogP contribution in [0.2, 0.25) is 0 Å². The molecule has 170 valence electrons. The van der Waals surface area contributed by atoms with Crippen molar-refractivity contribution in [2.24, 2.45) is 0 Å². The number of nitro benzene ring substituents is 1. The van der Waals surface area contributed by atoms with Crippen molar-refractivity contribution in [1.82, 2.24) is 15.0 Å². The van der Waals surface area contributed by atoms with E-state index in [1.807, 2.05) is 4.90 Å². The summed E-state index contributed by atoms with van der Waals surface area (Å²) in [5.74, 6) is -1.05. The van der Waals surface area contributed by atoms with Crippen molar-refractivity contribution in [3.63, 3.8) is 0 Å². The molecule has 12 nitrogen and oxygen atoms in total. The lowest BCUT2D eigenvalue weighted by atomic mass is 10.1. The lowest BCUT2D eigenvalue weighted by Gasteiger charge is -2.35. The number of benzene rings is 2. The van der Waals surface area contributed by atoms with Crippen LogP contribution in [0, 0.1) is 10.1 Å². The number of anilines is 2. The van der Waals surface area contributed by atoms with Gasteiger partial charge in [0, 0.05) is 56.0 Å². The van der Waals surface area contributed by atoms with E-state index in [-0.39, 0.29) is 23.0 Å². The van der Waals surface area contributed by atoms with Crippen LogP contribution in [-0.2, 0) is 4.79 Å². The lowest BCUT2D eigenvalue weighted by Crippen LogP contribution is -2.48. The van der Waals surface area contributed by atoms with Gasteiger partial charge < -0.3 is 15.1 Å². The Bertz CT molecular complexity index is 1270. The van der Waals surface area contributed by atoms with Crippen molar-refractivity contribution in [1.29, 1.82) is 0 Å². The summed E-state index contributed by atoms with van der Waals surface area (Å²) in [7, 11) is 0. The Morgan fingerprint density at radius 2 is 1.91 bits per heavy atom. The van der Waals surface area contributed by atoms with E-state index in [0.717, 1.165) is 0 Å². The molecule has 0 atom stereocenters. The first kappa shape index (κ1) is 21.7. The van der Waals surface area contributed by atoms with Gasteiger partial charge in [-0.1, -0.05) is 17.3 Å². The minimum absolute atomic E-state index is 0.0323. The van der Waals surface area contributed by atoms with E-state index in [4.69, 9.17) is 0 Å². The number of hydrogen-bond acceptors (Lipinski definition) is 8. The van der Waals surface area contributed by atoms with Crippen LogP contribution < -0.4 is 16.0 Å². The Kier molecular flexibility index (Phi) is 5.89. The van der Waals surface area contributed by atoms with Crippen LogP contribution in [0.1, 0.15) is 17.3 Å². The fourth-order valence-electron chi connectivity index (χ4n) is 3.64. The maximum atomic E-state index is 12.8. The molecule has 0 aliphatic carbocycles. The Morgan fingerprint density at radius 3 is 2.55 bits per heavy atom. The molecule has 1 fully saturated rings. The lowest BCUT2D eigenvalue weighted by molar-refractivity contribution is -0.384. The normalized spacial score (nSPS) is 13.6. The monoisotopic (exact) mass is 452 g/mol. The number of hydrogen-bond donors (Lipinski definition) is 2. The van der Waals surface area contributed by atoms with Crippen molar-refractivity contribution in [2.45, 2.75) is 6.92 Å². The zero-order chi connectivity index (χ0) is 23.5. The zero-order valence-electron chi connectivity index (χ0n) is 17.6. The van der Waals surface area contributed by atoms with Crippen molar-refractivity contribution >= 4 is 28.9 Å². The molecule has 4 rings (SSSR count). The van der Waals surface area contributed by atoms with E-state index in [2.05, 4.69) is 20.0 Å². The quantitative estimate of drug-likeness (QED) is 0.439. The number of nitrogens with one attached hydrogen (secondary N) is 2. The third-order valence-corrected chi connectivity index (χ3v) is 5.33. The molecular weight excluding hydrogens is 432 g/mol. The van der Waals surface area contributed by atoms with E-state index in [1.54, 1.807) is 35.2 Å². The molecule has 1 aliphatic heterocycles. The summed E-state index contributed by atoms with van der Waals surface area (Å²) in [6, 6.07) is 10.9. The number of aromatic amines is 1. The molecule has 1 aromatic heterocycles. The topological polar surface area (TPSA) is 155 Å². The minimum Gasteiger partial charge on any atom is -0.362 e. The van der Waals surface area contributed by atoms with Crippen molar-refractivity contribution in [2.75, 3.05) is 36.4 Å². The molecule has 12 heteroatoms. The second-order valence-electron chi connectivity index (χ2n) is 7.43. The highest BCUT2D eigenvalue weighted by molar-refractivity contribution is 6.05. The van der Waals surface area contributed by atoms with Crippen LogP contribution >= 0.6 is 0 Å². The molecule has 0 spiro atoms. The molecule has 33 heavy (non-hydrogen) atoms. The number of amides is 2. The SMILES string of the molecule is CC(=O)N1CCN(c2ccc(C(=O)Nc3cccc(-c4noc(=O)[nH]4)c3)cc2[N+](=O)[O-])CC1. The van der Waals surface area contributed by atoms with Gasteiger partial charge in [-0.15, -0.1) is 0 Å². The van der Waals surface area contributed by atoms with Crippen LogP contribution in [-0.4, -0.2) is 58.0 Å². The first-order valence-electron chi connectivity index (χ1n) is 10.1. The summed E-state index contributed by atoms with van der Waals surface area (Å²) in [5.41, 5.74) is 1.26. The average molecular weight is 452 g/mol. The predicted octanol–water partition coefficient (Wildman–Crippen LogP) is 1.86. The molecule has 2 heterocycles. The van der Waals surface area contributed by atoms with Crippen LogP contribution in [0.25, 0.3) is 11.4 Å². The highest BCUT2D eigenvalue weighted by Crippen LogP contribution is 2.30. The number of carbonyl (C=O) groups is 2. The number of carbonyl (C=O) groups excluding carboxylic acids is 2. The van der Waals surface area contributed by atoms with Crippen molar-refractivity contribution in [3.8, 4) is 11.4 Å². The summed E-state index contributed by atoms with van der Waals surface area (Å²) < 4.78 is 4.49. The molecule has 2 amide bonds. The van der Waals surface area contributed by atoms with E-state index in [0.29, 0.717) is 43.1 Å². The van der Waals surface area contributed by atoms with Gasteiger partial charge >= 0.3 is 5.76 Å². The Labute approximate surface area is 186 Å². The molecule has 0 radical (unpaired) electrons. The summed E-state index contributed by atoms with van der Waals surface area (Å²) in [6.07, 6.45) is 0. The maximum absolute atomic E-state index is 12.8. The van der Waals surface area contributed by atoms with Gasteiger partial charge in [0.2, 0.25) is 5.91 Å². The van der Waals surface area contributed by atoms with Crippen LogP contribution in [0.3, 0.4) is 0 Å². The number of rotatable bonds is 5. The standard InChI is InChI=1S/C21H20N6O6/c1-13(28)25-7-9-26(10-8-25)17-6-5-15(12-18(17)27(31)32)20(29)22-16-4-2-3-14(11-16)19-23-21(30)33-24-19/h2-6,11-12H,7-10H2,1H3,(H,22,29)(H,23,24,30). The highest BCUT2D eigenvalue weighted by Gasteiger charge is 2.26. The van der Waals surface area contributed by atoms with E-state index < -0.39 is 16.6 Å². The van der Waals surface area contributed by atoms with E-state index >= 15 is 0 Å². The number of nitrogens with zero attached hydrogens (tertiary/aromatic N) is 4.